The van der Waals surface area contributed by atoms with E-state index in [0.717, 1.165) is 64.2 Å². The maximum absolute atomic E-state index is 12.9. The van der Waals surface area contributed by atoms with Crippen molar-refractivity contribution in [2.45, 2.75) is 309 Å². The highest BCUT2D eigenvalue weighted by molar-refractivity contribution is 5.70. The van der Waals surface area contributed by atoms with Gasteiger partial charge in [-0.1, -0.05) is 291 Å². The van der Waals surface area contributed by atoms with Crippen molar-refractivity contribution in [2.24, 2.45) is 0 Å². The number of hydrogen-bond donors (Lipinski definition) is 0. The number of rotatable bonds is 63. The molecule has 478 valence electrons. The summed E-state index contributed by atoms with van der Waals surface area (Å²) in [7, 11) is 5.91. The molecule has 0 aromatic rings. The minimum absolute atomic E-state index is 0.133. The van der Waals surface area contributed by atoms with Crippen LogP contribution in [0, 0.1) is 0 Å². The summed E-state index contributed by atoms with van der Waals surface area (Å²) >= 11 is 0. The Hall–Kier alpha value is -3.79. The minimum Gasteiger partial charge on any atom is -0.545 e. The second kappa shape index (κ2) is 64.2. The summed E-state index contributed by atoms with van der Waals surface area (Å²) in [6.07, 6.45) is 85.1. The van der Waals surface area contributed by atoms with Gasteiger partial charge in [-0.25, -0.2) is 0 Å². The summed E-state index contributed by atoms with van der Waals surface area (Å²) < 4.78 is 22.7. The average molecular weight is 1160 g/mol. The number of carboxylic acids is 1. The molecule has 0 aliphatic rings. The van der Waals surface area contributed by atoms with Gasteiger partial charge < -0.3 is 33.3 Å². The number of unbranched alkanes of at least 4 members (excludes halogenated alkanes) is 32. The zero-order chi connectivity index (χ0) is 60.5. The maximum Gasteiger partial charge on any atom is 0.306 e. The van der Waals surface area contributed by atoms with Gasteiger partial charge >= 0.3 is 11.9 Å². The molecule has 0 heterocycles. The number of likely N-dealkylation sites (N-methyl/N-ethyl adjacent to an activating group) is 1. The number of carbonyl (C=O) groups is 3. The molecule has 0 amide bonds. The van der Waals surface area contributed by atoms with Crippen LogP contribution in [0.5, 0.6) is 0 Å². The molecular weight excluding hydrogens is 1030 g/mol. The first-order valence-electron chi connectivity index (χ1n) is 34.4. The molecule has 0 aromatic carbocycles. The lowest BCUT2D eigenvalue weighted by Crippen LogP contribution is -2.44. The van der Waals surface area contributed by atoms with E-state index in [-0.39, 0.29) is 38.6 Å². The van der Waals surface area contributed by atoms with Crippen LogP contribution < -0.4 is 5.11 Å². The Morgan fingerprint density at radius 3 is 1.07 bits per heavy atom. The van der Waals surface area contributed by atoms with Crippen molar-refractivity contribution in [1.82, 2.24) is 0 Å². The summed E-state index contributed by atoms with van der Waals surface area (Å²) in [6, 6.07) is 0. The molecule has 2 atom stereocenters. The first-order valence-corrected chi connectivity index (χ1v) is 34.4. The molecule has 9 heteroatoms. The Labute approximate surface area is 512 Å². The van der Waals surface area contributed by atoms with Crippen molar-refractivity contribution in [3.8, 4) is 0 Å². The van der Waals surface area contributed by atoms with Crippen LogP contribution >= 0.6 is 0 Å². The van der Waals surface area contributed by atoms with Crippen molar-refractivity contribution < 1.29 is 42.9 Å². The second-order valence-electron chi connectivity index (χ2n) is 24.1. The van der Waals surface area contributed by atoms with E-state index in [4.69, 9.17) is 18.9 Å². The molecule has 0 aliphatic carbocycles. The normalized spacial score (nSPS) is 13.3. The standard InChI is InChI=1S/C74H129NO8/c1-6-8-10-12-14-16-18-20-22-24-26-28-30-31-32-33-34-35-36-37-38-39-40-41-43-44-46-48-50-52-54-56-58-60-62-64-71(76)81-68-70(69-82-74(73(78)79)80-67-66-75(3,4)5)83-72(77)65-63-61-59-57-55-53-51-49-47-45-42-29-27-25-23-21-19-17-15-13-11-9-7-2/h9,11,15,17,21,23-24,26-27,29,45,47,51,53,57,59,70,74H,6-8,10,12-14,16,18-20,22,25,28,30-44,46,48-50,52,54-56,58,60-69H2,1-5H3/b11-9-,17-15-,23-21-,26-24-,29-27-,47-45-,53-51-,59-57-. The maximum atomic E-state index is 12.9. The summed E-state index contributed by atoms with van der Waals surface area (Å²) in [6.45, 7) is 4.59. The van der Waals surface area contributed by atoms with Gasteiger partial charge in [-0.15, -0.1) is 0 Å². The number of hydrogen-bond acceptors (Lipinski definition) is 8. The molecule has 0 bridgehead atoms. The van der Waals surface area contributed by atoms with Crippen LogP contribution in [0.4, 0.5) is 0 Å². The minimum atomic E-state index is -1.64. The highest BCUT2D eigenvalue weighted by Gasteiger charge is 2.22. The van der Waals surface area contributed by atoms with Gasteiger partial charge in [0.2, 0.25) is 0 Å². The van der Waals surface area contributed by atoms with Crippen LogP contribution in [0.3, 0.4) is 0 Å². The monoisotopic (exact) mass is 1160 g/mol. The topological polar surface area (TPSA) is 111 Å². The van der Waals surface area contributed by atoms with E-state index >= 15 is 0 Å². The van der Waals surface area contributed by atoms with Crippen LogP contribution in [0.1, 0.15) is 296 Å². The first-order chi connectivity index (χ1) is 40.6. The van der Waals surface area contributed by atoms with Crippen LogP contribution in [0.25, 0.3) is 0 Å². The molecule has 0 N–H and O–H groups in total. The summed E-state index contributed by atoms with van der Waals surface area (Å²) in [5, 5.41) is 11.8. The van der Waals surface area contributed by atoms with E-state index < -0.39 is 24.3 Å². The van der Waals surface area contributed by atoms with Gasteiger partial charge in [-0.3, -0.25) is 9.59 Å². The van der Waals surface area contributed by atoms with Gasteiger partial charge in [0, 0.05) is 12.8 Å². The molecule has 0 saturated heterocycles. The van der Waals surface area contributed by atoms with E-state index in [2.05, 4.69) is 111 Å². The second-order valence-corrected chi connectivity index (χ2v) is 24.1. The molecule has 0 fully saturated rings. The lowest BCUT2D eigenvalue weighted by atomic mass is 10.0. The van der Waals surface area contributed by atoms with E-state index in [1.54, 1.807) is 0 Å². The molecule has 0 spiro atoms. The Kier molecular flexibility index (Phi) is 61.3. The van der Waals surface area contributed by atoms with Crippen molar-refractivity contribution in [2.75, 3.05) is 47.5 Å². The lowest BCUT2D eigenvalue weighted by molar-refractivity contribution is -0.870. The molecule has 0 radical (unpaired) electrons. The first kappa shape index (κ1) is 79.2. The average Bonchev–Trinajstić information content (AvgIpc) is 3.46. The van der Waals surface area contributed by atoms with Crippen molar-refractivity contribution in [3.63, 3.8) is 0 Å². The Morgan fingerprint density at radius 2 is 0.699 bits per heavy atom. The van der Waals surface area contributed by atoms with Gasteiger partial charge in [-0.2, -0.15) is 0 Å². The highest BCUT2D eigenvalue weighted by Crippen LogP contribution is 2.17. The number of carboxylic acid groups (broad SMARTS) is 1. The number of carbonyl (C=O) groups excluding carboxylic acids is 3. The van der Waals surface area contributed by atoms with Crippen LogP contribution in [-0.4, -0.2) is 82.3 Å². The fourth-order valence-electron chi connectivity index (χ4n) is 9.58. The van der Waals surface area contributed by atoms with Crippen LogP contribution in [0.2, 0.25) is 0 Å². The molecule has 83 heavy (non-hydrogen) atoms. The fraction of sp³-hybridized carbons (Fsp3) is 0.743. The van der Waals surface area contributed by atoms with Gasteiger partial charge in [0.05, 0.1) is 40.3 Å². The van der Waals surface area contributed by atoms with E-state index in [1.807, 2.05) is 21.1 Å². The number of ether oxygens (including phenoxy) is 4. The third kappa shape index (κ3) is 65.6. The van der Waals surface area contributed by atoms with E-state index in [0.29, 0.717) is 23.9 Å². The van der Waals surface area contributed by atoms with Gasteiger partial charge in [0.15, 0.2) is 12.4 Å². The van der Waals surface area contributed by atoms with Crippen LogP contribution in [0.15, 0.2) is 97.2 Å². The van der Waals surface area contributed by atoms with Crippen molar-refractivity contribution in [3.05, 3.63) is 97.2 Å². The number of allylic oxidation sites excluding steroid dienone is 16. The summed E-state index contributed by atoms with van der Waals surface area (Å²) in [4.78, 5) is 37.4. The molecule has 0 rings (SSSR count). The van der Waals surface area contributed by atoms with Gasteiger partial charge in [0.1, 0.15) is 13.2 Å². The predicted molar refractivity (Wildman–Crippen MR) is 352 cm³/mol. The molecule has 0 aromatic heterocycles. The Balaban J connectivity index is 4.12. The highest BCUT2D eigenvalue weighted by atomic mass is 16.7. The number of nitrogens with zero attached hydrogens (tertiary/aromatic N) is 1. The zero-order valence-corrected chi connectivity index (χ0v) is 54.5. The van der Waals surface area contributed by atoms with Crippen molar-refractivity contribution in [1.29, 1.82) is 0 Å². The van der Waals surface area contributed by atoms with Crippen LogP contribution in [-0.2, 0) is 33.3 Å². The lowest BCUT2D eigenvalue weighted by Gasteiger charge is -2.26. The van der Waals surface area contributed by atoms with E-state index in [9.17, 15) is 19.5 Å². The fourth-order valence-corrected chi connectivity index (χ4v) is 9.58. The number of aliphatic carboxylic acids is 1. The van der Waals surface area contributed by atoms with Gasteiger partial charge in [0.25, 0.3) is 0 Å². The largest absolute Gasteiger partial charge is 0.545 e. The van der Waals surface area contributed by atoms with Crippen molar-refractivity contribution >= 4 is 17.9 Å². The SMILES string of the molecule is CC/C=C\C/C=C\C/C=C\C/C=C\C/C=C\C/C=C\C/C=C\CCCC(=O)OC(COC(=O)CCCCCCCCCCCCCCCCCCCCCCCCC/C=C\CCCCCCCCCC)COC(OCC[N+](C)(C)C)C(=O)[O-]. The molecule has 0 saturated carbocycles. The number of quaternary nitrogens is 1. The third-order valence-corrected chi connectivity index (χ3v) is 14.8. The Bertz CT molecular complexity index is 1680. The molecule has 2 unspecified atom stereocenters. The molecule has 0 aliphatic heterocycles. The Morgan fingerprint density at radius 1 is 0.373 bits per heavy atom. The number of esters is 2. The summed E-state index contributed by atoms with van der Waals surface area (Å²) in [5.74, 6) is -2.36. The van der Waals surface area contributed by atoms with E-state index in [1.165, 1.54) is 193 Å². The smallest absolute Gasteiger partial charge is 0.306 e. The third-order valence-electron chi connectivity index (χ3n) is 14.8. The quantitative estimate of drug-likeness (QED) is 0.0195. The predicted octanol–water partition coefficient (Wildman–Crippen LogP) is 19.9. The molecular formula is C74H129NO8. The summed E-state index contributed by atoms with van der Waals surface area (Å²) in [5.41, 5.74) is 0. The molecule has 9 nitrogen and oxygen atoms in total. The van der Waals surface area contributed by atoms with Gasteiger partial charge in [-0.05, 0) is 89.9 Å². The zero-order valence-electron chi connectivity index (χ0n) is 54.5.